The number of benzene rings is 2. The second-order valence-electron chi connectivity index (χ2n) is 8.19. The zero-order valence-corrected chi connectivity index (χ0v) is 15.7. The van der Waals surface area contributed by atoms with Crippen LogP contribution in [-0.4, -0.2) is 5.91 Å². The van der Waals surface area contributed by atoms with Gasteiger partial charge in [0.2, 0.25) is 5.91 Å². The van der Waals surface area contributed by atoms with E-state index in [4.69, 9.17) is 0 Å². The van der Waals surface area contributed by atoms with Crippen LogP contribution in [0, 0.1) is 0 Å². The Bertz CT molecular complexity index is 738. The lowest BCUT2D eigenvalue weighted by molar-refractivity contribution is -0.116. The van der Waals surface area contributed by atoms with E-state index in [0.717, 1.165) is 18.5 Å². The molecule has 1 N–H and O–H groups in total. The fraction of sp³-hybridized carbons (Fsp3) is 0.435. The molecule has 0 aromatic heterocycles. The fourth-order valence-electron chi connectivity index (χ4n) is 3.46. The lowest BCUT2D eigenvalue weighted by Gasteiger charge is -2.19. The number of carbonyl (C=O) groups excluding carboxylic acids is 1. The van der Waals surface area contributed by atoms with Gasteiger partial charge in [0.05, 0.1) is 0 Å². The van der Waals surface area contributed by atoms with Gasteiger partial charge in [-0.1, -0.05) is 51.1 Å². The van der Waals surface area contributed by atoms with Crippen LogP contribution in [0.1, 0.15) is 62.3 Å². The van der Waals surface area contributed by atoms with E-state index < -0.39 is 0 Å². The van der Waals surface area contributed by atoms with E-state index in [0.29, 0.717) is 6.42 Å². The molecule has 0 aliphatic heterocycles. The van der Waals surface area contributed by atoms with Gasteiger partial charge in [-0.2, -0.15) is 0 Å². The SMILES string of the molecule is CC(C)(C)c1ccc(CCC(=O)Nc2ccc3c(c2)CCCC3)cc1. The molecule has 0 spiro atoms. The van der Waals surface area contributed by atoms with Crippen molar-refractivity contribution in [2.75, 3.05) is 5.32 Å². The summed E-state index contributed by atoms with van der Waals surface area (Å²) in [6.07, 6.45) is 6.15. The molecule has 2 aromatic carbocycles. The molecule has 2 heteroatoms. The van der Waals surface area contributed by atoms with Crippen molar-refractivity contribution in [3.63, 3.8) is 0 Å². The van der Waals surface area contributed by atoms with Crippen molar-refractivity contribution >= 4 is 11.6 Å². The highest BCUT2D eigenvalue weighted by atomic mass is 16.1. The number of nitrogens with one attached hydrogen (secondary N) is 1. The highest BCUT2D eigenvalue weighted by Crippen LogP contribution is 2.25. The summed E-state index contributed by atoms with van der Waals surface area (Å²) in [5.74, 6) is 0.0932. The van der Waals surface area contributed by atoms with Gasteiger partial charge in [0, 0.05) is 12.1 Å². The van der Waals surface area contributed by atoms with Crippen molar-refractivity contribution in [3.05, 3.63) is 64.7 Å². The molecule has 1 aliphatic rings. The maximum atomic E-state index is 12.3. The number of hydrogen-bond acceptors (Lipinski definition) is 1. The number of carbonyl (C=O) groups is 1. The summed E-state index contributed by atoms with van der Waals surface area (Å²) in [5, 5.41) is 3.06. The molecule has 0 unspecified atom stereocenters. The molecular formula is C23H29NO. The molecule has 2 aromatic rings. The van der Waals surface area contributed by atoms with Gasteiger partial charge in [-0.15, -0.1) is 0 Å². The average Bonchev–Trinajstić information content (AvgIpc) is 2.59. The van der Waals surface area contributed by atoms with Crippen LogP contribution in [-0.2, 0) is 29.5 Å². The predicted octanol–water partition coefficient (Wildman–Crippen LogP) is 5.43. The molecule has 0 fully saturated rings. The largest absolute Gasteiger partial charge is 0.326 e. The molecule has 1 aliphatic carbocycles. The third-order valence-corrected chi connectivity index (χ3v) is 5.09. The van der Waals surface area contributed by atoms with E-state index in [1.54, 1.807) is 0 Å². The van der Waals surface area contributed by atoms with Gasteiger partial charge in [0.1, 0.15) is 0 Å². The summed E-state index contributed by atoms with van der Waals surface area (Å²) in [6.45, 7) is 6.65. The smallest absolute Gasteiger partial charge is 0.224 e. The second-order valence-corrected chi connectivity index (χ2v) is 8.19. The molecule has 0 bridgehead atoms. The average molecular weight is 335 g/mol. The van der Waals surface area contributed by atoms with Crippen molar-refractivity contribution in [2.45, 2.75) is 64.7 Å². The van der Waals surface area contributed by atoms with Crippen molar-refractivity contribution in [1.29, 1.82) is 0 Å². The van der Waals surface area contributed by atoms with Gasteiger partial charge in [0.25, 0.3) is 0 Å². The monoisotopic (exact) mass is 335 g/mol. The summed E-state index contributed by atoms with van der Waals surface area (Å²) in [4.78, 5) is 12.3. The van der Waals surface area contributed by atoms with Crippen LogP contribution in [0.5, 0.6) is 0 Å². The standard InChI is InChI=1S/C23H29NO/c1-23(2,3)20-12-8-17(9-13-20)10-15-22(25)24-21-14-11-18-6-4-5-7-19(18)16-21/h8-9,11-14,16H,4-7,10,15H2,1-3H3,(H,24,25). The molecule has 0 heterocycles. The van der Waals surface area contributed by atoms with Crippen LogP contribution in [0.25, 0.3) is 0 Å². The number of amides is 1. The zero-order valence-electron chi connectivity index (χ0n) is 15.7. The maximum absolute atomic E-state index is 12.3. The van der Waals surface area contributed by atoms with Crippen molar-refractivity contribution in [3.8, 4) is 0 Å². The van der Waals surface area contributed by atoms with E-state index >= 15 is 0 Å². The highest BCUT2D eigenvalue weighted by Gasteiger charge is 2.13. The molecule has 0 saturated carbocycles. The third-order valence-electron chi connectivity index (χ3n) is 5.09. The zero-order chi connectivity index (χ0) is 17.9. The molecule has 0 saturated heterocycles. The van der Waals surface area contributed by atoms with E-state index in [1.807, 2.05) is 6.07 Å². The number of aryl methyl sites for hydroxylation is 3. The number of rotatable bonds is 4. The first kappa shape index (κ1) is 17.7. The minimum atomic E-state index is 0.0932. The highest BCUT2D eigenvalue weighted by molar-refractivity contribution is 5.91. The summed E-state index contributed by atoms with van der Waals surface area (Å²) >= 11 is 0. The Hall–Kier alpha value is -2.09. The molecule has 2 nitrogen and oxygen atoms in total. The van der Waals surface area contributed by atoms with Crippen LogP contribution >= 0.6 is 0 Å². The van der Waals surface area contributed by atoms with E-state index in [-0.39, 0.29) is 11.3 Å². The summed E-state index contributed by atoms with van der Waals surface area (Å²) < 4.78 is 0. The first-order valence-corrected chi connectivity index (χ1v) is 9.43. The minimum Gasteiger partial charge on any atom is -0.326 e. The Kier molecular flexibility index (Phi) is 5.27. The minimum absolute atomic E-state index is 0.0932. The van der Waals surface area contributed by atoms with Crippen LogP contribution in [0.2, 0.25) is 0 Å². The molecule has 25 heavy (non-hydrogen) atoms. The van der Waals surface area contributed by atoms with Gasteiger partial charge >= 0.3 is 0 Å². The predicted molar refractivity (Wildman–Crippen MR) is 105 cm³/mol. The fourth-order valence-corrected chi connectivity index (χ4v) is 3.46. The van der Waals surface area contributed by atoms with Crippen LogP contribution in [0.15, 0.2) is 42.5 Å². The Morgan fingerprint density at radius 3 is 2.32 bits per heavy atom. The van der Waals surface area contributed by atoms with Gasteiger partial charge in [-0.05, 0) is 71.9 Å². The molecule has 132 valence electrons. The topological polar surface area (TPSA) is 29.1 Å². The number of anilines is 1. The normalized spacial score (nSPS) is 14.0. The van der Waals surface area contributed by atoms with E-state index in [9.17, 15) is 4.79 Å². The van der Waals surface area contributed by atoms with Crippen molar-refractivity contribution < 1.29 is 4.79 Å². The number of hydrogen-bond donors (Lipinski definition) is 1. The van der Waals surface area contributed by atoms with Gasteiger partial charge in [-0.25, -0.2) is 0 Å². The maximum Gasteiger partial charge on any atom is 0.224 e. The summed E-state index contributed by atoms with van der Waals surface area (Å²) in [7, 11) is 0. The molecular weight excluding hydrogens is 306 g/mol. The molecule has 0 radical (unpaired) electrons. The lowest BCUT2D eigenvalue weighted by atomic mass is 9.86. The Labute approximate surface area is 151 Å². The van der Waals surface area contributed by atoms with Crippen LogP contribution < -0.4 is 5.32 Å². The van der Waals surface area contributed by atoms with Crippen molar-refractivity contribution in [1.82, 2.24) is 0 Å². The van der Waals surface area contributed by atoms with Crippen molar-refractivity contribution in [2.24, 2.45) is 0 Å². The summed E-state index contributed by atoms with van der Waals surface area (Å²) in [6, 6.07) is 15.0. The summed E-state index contributed by atoms with van der Waals surface area (Å²) in [5.41, 5.74) is 6.50. The number of fused-ring (bicyclic) bond motifs is 1. The van der Waals surface area contributed by atoms with E-state index in [2.05, 4.69) is 62.5 Å². The van der Waals surface area contributed by atoms with Gasteiger partial charge < -0.3 is 5.32 Å². The Morgan fingerprint density at radius 1 is 0.960 bits per heavy atom. The van der Waals surface area contributed by atoms with Gasteiger partial charge in [-0.3, -0.25) is 4.79 Å². The molecule has 0 atom stereocenters. The third kappa shape index (κ3) is 4.72. The molecule has 1 amide bonds. The second kappa shape index (κ2) is 7.43. The molecule has 3 rings (SSSR count). The van der Waals surface area contributed by atoms with E-state index in [1.165, 1.54) is 41.5 Å². The quantitative estimate of drug-likeness (QED) is 0.792. The van der Waals surface area contributed by atoms with Crippen LogP contribution in [0.3, 0.4) is 0 Å². The Morgan fingerprint density at radius 2 is 1.64 bits per heavy atom. The lowest BCUT2D eigenvalue weighted by Crippen LogP contribution is -2.14. The van der Waals surface area contributed by atoms with Crippen LogP contribution in [0.4, 0.5) is 5.69 Å². The van der Waals surface area contributed by atoms with Gasteiger partial charge in [0.15, 0.2) is 0 Å². The first-order valence-electron chi connectivity index (χ1n) is 9.43. The Balaban J connectivity index is 1.54. The first-order chi connectivity index (χ1) is 11.9.